The van der Waals surface area contributed by atoms with Crippen molar-refractivity contribution in [2.24, 2.45) is 7.05 Å². The summed E-state index contributed by atoms with van der Waals surface area (Å²) in [4.78, 5) is 0. The van der Waals surface area contributed by atoms with Gasteiger partial charge in [-0.2, -0.15) is 30.3 Å². The average molecular weight is 591 g/mol. The van der Waals surface area contributed by atoms with E-state index in [1.54, 1.807) is 0 Å². The van der Waals surface area contributed by atoms with Gasteiger partial charge < -0.3 is 18.6 Å². The van der Waals surface area contributed by atoms with E-state index in [1.165, 1.54) is 0 Å². The van der Waals surface area contributed by atoms with Gasteiger partial charge in [-0.3, -0.25) is 0 Å². The number of benzene rings is 4. The number of rotatable bonds is 1. The van der Waals surface area contributed by atoms with Crippen molar-refractivity contribution in [2.45, 2.75) is 0 Å². The monoisotopic (exact) mass is 592 g/mol. The minimum atomic E-state index is 0. The van der Waals surface area contributed by atoms with Crippen LogP contribution in [-0.4, -0.2) is 11.3 Å². The van der Waals surface area contributed by atoms with E-state index in [-0.39, 0.29) is 26.8 Å². The van der Waals surface area contributed by atoms with E-state index in [4.69, 9.17) is 9.47 Å². The fourth-order valence-electron chi connectivity index (χ4n) is 4.88. The Morgan fingerprint density at radius 2 is 1.59 bits per heavy atom. The van der Waals surface area contributed by atoms with Crippen LogP contribution in [0.25, 0.3) is 16.7 Å². The number of aryl methyl sites for hydroxylation is 1. The van der Waals surface area contributed by atoms with Gasteiger partial charge in [0.25, 0.3) is 6.71 Å². The Morgan fingerprint density at radius 3 is 2.44 bits per heavy atom. The number of hydrogen-bond acceptors (Lipinski definition) is 2. The molecule has 0 aliphatic carbocycles. The van der Waals surface area contributed by atoms with Gasteiger partial charge in [0.2, 0.25) is 6.33 Å². The van der Waals surface area contributed by atoms with Crippen LogP contribution in [0.5, 0.6) is 23.0 Å². The maximum absolute atomic E-state index is 6.54. The number of aromatic nitrogens is 2. The number of fused-ring (bicyclic) bond motifs is 6. The third-order valence-electron chi connectivity index (χ3n) is 6.19. The van der Waals surface area contributed by atoms with Crippen LogP contribution < -0.4 is 30.4 Å². The zero-order chi connectivity index (χ0) is 20.5. The van der Waals surface area contributed by atoms with Crippen LogP contribution in [0, 0.1) is 12.4 Å². The summed E-state index contributed by atoms with van der Waals surface area (Å²) in [6.45, 7) is 0.0657. The van der Waals surface area contributed by atoms with Gasteiger partial charge in [-0.25, -0.2) is 0 Å². The minimum Gasteiger partial charge on any atom is -0.464 e. The van der Waals surface area contributed by atoms with Gasteiger partial charge >= 0.3 is 0 Å². The van der Waals surface area contributed by atoms with E-state index in [0.717, 1.165) is 56.1 Å². The largest absolute Gasteiger partial charge is 0.464 e. The zero-order valence-corrected chi connectivity index (χ0v) is 19.5. The van der Waals surface area contributed by atoms with E-state index < -0.39 is 0 Å². The van der Waals surface area contributed by atoms with Crippen molar-refractivity contribution in [1.82, 2.24) is 4.57 Å². The van der Waals surface area contributed by atoms with E-state index in [2.05, 4.69) is 36.7 Å². The van der Waals surface area contributed by atoms with Gasteiger partial charge in [0.05, 0.1) is 12.6 Å². The first kappa shape index (κ1) is 19.4. The maximum Gasteiger partial charge on any atom is 0.259 e. The molecule has 6 heteroatoms. The molecule has 2 aliphatic rings. The van der Waals surface area contributed by atoms with Crippen LogP contribution in [0.4, 0.5) is 0 Å². The number of ether oxygens (including phenoxy) is 2. The first-order valence-corrected chi connectivity index (χ1v) is 10.3. The predicted octanol–water partition coefficient (Wildman–Crippen LogP) is 2.78. The van der Waals surface area contributed by atoms with Crippen molar-refractivity contribution in [3.05, 3.63) is 91.3 Å². The Hall–Kier alpha value is -3.34. The predicted molar refractivity (Wildman–Crippen MR) is 120 cm³/mol. The van der Waals surface area contributed by atoms with Crippen LogP contribution >= 0.6 is 0 Å². The summed E-state index contributed by atoms with van der Waals surface area (Å²) in [5.41, 5.74) is 6.38. The molecule has 1 aromatic heterocycles. The van der Waals surface area contributed by atoms with Crippen molar-refractivity contribution in [2.75, 3.05) is 0 Å². The molecule has 0 amide bonds. The molecule has 5 aromatic rings. The second-order valence-electron chi connectivity index (χ2n) is 7.94. The molecule has 7 rings (SSSR count). The fourth-order valence-corrected chi connectivity index (χ4v) is 4.88. The Balaban J connectivity index is 0.00000196. The molecule has 0 N–H and O–H groups in total. The van der Waals surface area contributed by atoms with E-state index in [9.17, 15) is 0 Å². The van der Waals surface area contributed by atoms with Gasteiger partial charge in [-0.15, -0.1) is 0 Å². The molecule has 0 bridgehead atoms. The first-order chi connectivity index (χ1) is 15.3. The smallest absolute Gasteiger partial charge is 0.259 e. The summed E-state index contributed by atoms with van der Waals surface area (Å²) in [6.07, 6.45) is 3.42. The van der Waals surface area contributed by atoms with Gasteiger partial charge in [-0.1, -0.05) is 42.1 Å². The standard InChI is InChI=1S/C26H16BN2O2.Ir/c1-28-16-29(17-8-3-2-4-9-17)20-15-14-19-26(25(20)28)31-23-13-7-12-22-24(23)27(19)18-10-5-6-11-21(18)30-22;/h2-8,10-15H,1H3;/q-1;. The minimum absolute atomic E-state index is 0. The van der Waals surface area contributed by atoms with Gasteiger partial charge in [0.1, 0.15) is 28.5 Å². The number of para-hydroxylation sites is 2. The summed E-state index contributed by atoms with van der Waals surface area (Å²) in [5.74, 6) is 3.48. The first-order valence-electron chi connectivity index (χ1n) is 10.3. The quantitative estimate of drug-likeness (QED) is 0.167. The molecule has 0 saturated carbocycles. The third-order valence-corrected chi connectivity index (χ3v) is 6.19. The molecular formula is C26H16BIrN2O2-. The molecule has 3 heterocycles. The summed E-state index contributed by atoms with van der Waals surface area (Å²) in [6, 6.07) is 29.9. The Bertz CT molecular complexity index is 1510. The molecule has 1 radical (unpaired) electrons. The van der Waals surface area contributed by atoms with Crippen molar-refractivity contribution in [3.63, 3.8) is 0 Å². The maximum atomic E-state index is 6.54. The van der Waals surface area contributed by atoms with E-state index in [0.29, 0.717) is 0 Å². The number of imidazole rings is 1. The van der Waals surface area contributed by atoms with Crippen molar-refractivity contribution in [3.8, 4) is 28.7 Å². The summed E-state index contributed by atoms with van der Waals surface area (Å²) in [5, 5.41) is 0. The van der Waals surface area contributed by atoms with Gasteiger partial charge in [0, 0.05) is 25.6 Å². The fraction of sp³-hybridized carbons (Fsp3) is 0.0385. The molecule has 0 unspecified atom stereocenters. The summed E-state index contributed by atoms with van der Waals surface area (Å²) in [7, 11) is 2.01. The molecule has 0 fully saturated rings. The third kappa shape index (κ3) is 2.57. The summed E-state index contributed by atoms with van der Waals surface area (Å²) < 4.78 is 16.8. The SMILES string of the molecule is C[n+]1[c-]n(-c2[c-]cccc2)c2ccc3c(c21)Oc1cccc2c1B3c1ccccc1O2.[Ir]. The van der Waals surface area contributed by atoms with Crippen LogP contribution in [0.15, 0.2) is 78.9 Å². The second-order valence-corrected chi connectivity index (χ2v) is 7.94. The molecule has 32 heavy (non-hydrogen) atoms. The van der Waals surface area contributed by atoms with Gasteiger partial charge in [-0.05, 0) is 29.1 Å². The molecule has 4 nitrogen and oxygen atoms in total. The van der Waals surface area contributed by atoms with E-state index >= 15 is 0 Å². The van der Waals surface area contributed by atoms with Crippen molar-refractivity contribution >= 4 is 34.1 Å². The Morgan fingerprint density at radius 1 is 0.812 bits per heavy atom. The second kappa shape index (κ2) is 7.09. The molecule has 4 aromatic carbocycles. The Labute approximate surface area is 199 Å². The van der Waals surface area contributed by atoms with Crippen LogP contribution in [0.2, 0.25) is 0 Å². The molecule has 0 spiro atoms. The van der Waals surface area contributed by atoms with Crippen LogP contribution in [-0.2, 0) is 27.2 Å². The molecule has 2 aliphatic heterocycles. The summed E-state index contributed by atoms with van der Waals surface area (Å²) >= 11 is 0. The van der Waals surface area contributed by atoms with Crippen molar-refractivity contribution in [1.29, 1.82) is 0 Å². The molecule has 0 atom stereocenters. The molecule has 155 valence electrons. The zero-order valence-electron chi connectivity index (χ0n) is 17.1. The Kier molecular flexibility index (Phi) is 4.29. The topological polar surface area (TPSA) is 27.3 Å². The molecular weight excluding hydrogens is 575 g/mol. The normalized spacial score (nSPS) is 12.7. The van der Waals surface area contributed by atoms with Crippen molar-refractivity contribution < 1.29 is 34.1 Å². The average Bonchev–Trinajstić information content (AvgIpc) is 3.16. The number of nitrogens with zero attached hydrogens (tertiary/aromatic N) is 2. The van der Waals surface area contributed by atoms with E-state index in [1.807, 2.05) is 70.8 Å². The number of hydrogen-bond donors (Lipinski definition) is 0. The molecule has 0 saturated heterocycles. The van der Waals surface area contributed by atoms with Crippen LogP contribution in [0.1, 0.15) is 0 Å². The van der Waals surface area contributed by atoms with Gasteiger partial charge in [0.15, 0.2) is 0 Å². The van der Waals surface area contributed by atoms with Crippen LogP contribution in [0.3, 0.4) is 0 Å².